The number of pyridine rings is 1. The number of fused-ring (bicyclic) bond motifs is 1. The number of aryl methyl sites for hydroxylation is 1. The van der Waals surface area contributed by atoms with Gasteiger partial charge in [0.15, 0.2) is 0 Å². The molecule has 3 nitrogen and oxygen atoms in total. The van der Waals surface area contributed by atoms with Crippen LogP contribution in [0.3, 0.4) is 0 Å². The van der Waals surface area contributed by atoms with Crippen molar-refractivity contribution in [3.8, 4) is 22.9 Å². The van der Waals surface area contributed by atoms with Crippen LogP contribution in [0, 0.1) is 11.3 Å². The van der Waals surface area contributed by atoms with Gasteiger partial charge in [-0.25, -0.2) is 4.98 Å². The number of nitrogens with zero attached hydrogens (tertiary/aromatic N) is 2. The van der Waals surface area contributed by atoms with Crippen molar-refractivity contribution >= 4 is 11.8 Å². The van der Waals surface area contributed by atoms with Crippen LogP contribution in [0.15, 0.2) is 59.6 Å². The molecule has 1 N–H and O–H groups in total. The first kappa shape index (κ1) is 16.7. The molecule has 0 aliphatic heterocycles. The van der Waals surface area contributed by atoms with E-state index in [-0.39, 0.29) is 5.75 Å². The zero-order valence-corrected chi connectivity index (χ0v) is 15.1. The summed E-state index contributed by atoms with van der Waals surface area (Å²) in [5.41, 5.74) is 6.14. The van der Waals surface area contributed by atoms with Gasteiger partial charge in [-0.3, -0.25) is 0 Å². The maximum atomic E-state index is 9.89. The van der Waals surface area contributed by atoms with E-state index in [4.69, 9.17) is 4.98 Å². The second kappa shape index (κ2) is 7.23. The second-order valence-electron chi connectivity index (χ2n) is 6.38. The van der Waals surface area contributed by atoms with Gasteiger partial charge in [0, 0.05) is 17.0 Å². The van der Waals surface area contributed by atoms with Crippen LogP contribution < -0.4 is 0 Å². The van der Waals surface area contributed by atoms with Gasteiger partial charge in [0.1, 0.15) is 16.8 Å². The Balaban J connectivity index is 1.79. The van der Waals surface area contributed by atoms with Gasteiger partial charge in [0.25, 0.3) is 0 Å². The van der Waals surface area contributed by atoms with Crippen LogP contribution in [0.1, 0.15) is 28.8 Å². The molecule has 0 fully saturated rings. The molecule has 0 spiro atoms. The molecule has 1 aromatic heterocycles. The van der Waals surface area contributed by atoms with E-state index in [1.807, 2.05) is 30.3 Å². The maximum absolute atomic E-state index is 9.89. The van der Waals surface area contributed by atoms with Crippen molar-refractivity contribution in [1.29, 1.82) is 5.26 Å². The lowest BCUT2D eigenvalue weighted by atomic mass is 9.95. The normalized spacial score (nSPS) is 12.6. The maximum Gasteiger partial charge on any atom is 0.115 e. The average Bonchev–Trinajstić information content (AvgIpc) is 3.15. The van der Waals surface area contributed by atoms with Crippen molar-refractivity contribution in [2.75, 3.05) is 0 Å². The molecule has 3 aromatic rings. The van der Waals surface area contributed by atoms with Crippen molar-refractivity contribution in [2.24, 2.45) is 0 Å². The summed E-state index contributed by atoms with van der Waals surface area (Å²) in [7, 11) is 0. The summed E-state index contributed by atoms with van der Waals surface area (Å²) in [6.45, 7) is 0. The minimum atomic E-state index is 0.233. The smallest absolute Gasteiger partial charge is 0.115 e. The minimum absolute atomic E-state index is 0.233. The first-order chi connectivity index (χ1) is 12.8. The van der Waals surface area contributed by atoms with Crippen LogP contribution in [0.5, 0.6) is 5.75 Å². The molecule has 0 atom stereocenters. The number of thioether (sulfide) groups is 1. The number of aromatic hydroxyl groups is 1. The fourth-order valence-electron chi connectivity index (χ4n) is 3.44. The zero-order valence-electron chi connectivity index (χ0n) is 14.3. The molecule has 0 radical (unpaired) electrons. The molecule has 26 heavy (non-hydrogen) atoms. The SMILES string of the molecule is N#Cc1c(SCc2ccccc2)nc2c(c1-c1ccc(O)cc1)CCC2. The molecule has 0 saturated carbocycles. The highest BCUT2D eigenvalue weighted by Gasteiger charge is 2.24. The Kier molecular flexibility index (Phi) is 4.64. The summed E-state index contributed by atoms with van der Waals surface area (Å²) >= 11 is 1.62. The zero-order chi connectivity index (χ0) is 17.9. The van der Waals surface area contributed by atoms with E-state index in [1.54, 1.807) is 23.9 Å². The number of nitriles is 1. The number of hydrogen-bond donors (Lipinski definition) is 1. The Bertz CT molecular complexity index is 976. The first-order valence-corrected chi connectivity index (χ1v) is 9.67. The highest BCUT2D eigenvalue weighted by Crippen LogP contribution is 2.39. The fraction of sp³-hybridized carbons (Fsp3) is 0.182. The van der Waals surface area contributed by atoms with Crippen LogP contribution in [0.25, 0.3) is 11.1 Å². The van der Waals surface area contributed by atoms with E-state index in [1.165, 1.54) is 11.1 Å². The van der Waals surface area contributed by atoms with Crippen molar-refractivity contribution in [3.63, 3.8) is 0 Å². The summed E-state index contributed by atoms with van der Waals surface area (Å²) in [5, 5.41) is 20.3. The Morgan fingerprint density at radius 3 is 2.54 bits per heavy atom. The third-order valence-electron chi connectivity index (χ3n) is 4.68. The Labute approximate surface area is 157 Å². The number of phenols is 1. The molecule has 128 valence electrons. The first-order valence-electron chi connectivity index (χ1n) is 8.68. The van der Waals surface area contributed by atoms with Gasteiger partial charge >= 0.3 is 0 Å². The summed E-state index contributed by atoms with van der Waals surface area (Å²) in [6.07, 6.45) is 2.99. The highest BCUT2D eigenvalue weighted by atomic mass is 32.2. The van der Waals surface area contributed by atoms with Crippen molar-refractivity contribution in [1.82, 2.24) is 4.98 Å². The molecule has 4 heteroatoms. The number of aromatic nitrogens is 1. The Morgan fingerprint density at radius 2 is 1.81 bits per heavy atom. The fourth-order valence-corrected chi connectivity index (χ4v) is 4.40. The van der Waals surface area contributed by atoms with E-state index >= 15 is 0 Å². The van der Waals surface area contributed by atoms with Crippen LogP contribution in [-0.2, 0) is 18.6 Å². The van der Waals surface area contributed by atoms with E-state index in [0.29, 0.717) is 5.56 Å². The molecular formula is C22H18N2OS. The Morgan fingerprint density at radius 1 is 1.04 bits per heavy atom. The lowest BCUT2D eigenvalue weighted by Gasteiger charge is -2.14. The molecule has 0 bridgehead atoms. The van der Waals surface area contributed by atoms with E-state index in [2.05, 4.69) is 18.2 Å². The van der Waals surface area contributed by atoms with Crippen LogP contribution in [-0.4, -0.2) is 10.1 Å². The van der Waals surface area contributed by atoms with Crippen LogP contribution >= 0.6 is 11.8 Å². The predicted octanol–water partition coefficient (Wildman–Crippen LogP) is 5.11. The van der Waals surface area contributed by atoms with Gasteiger partial charge in [-0.2, -0.15) is 5.26 Å². The number of rotatable bonds is 4. The summed E-state index contributed by atoms with van der Waals surface area (Å²) in [6, 6.07) is 19.8. The molecule has 2 aromatic carbocycles. The van der Waals surface area contributed by atoms with Crippen molar-refractivity contribution in [3.05, 3.63) is 77.0 Å². The molecule has 4 rings (SSSR count). The van der Waals surface area contributed by atoms with E-state index < -0.39 is 0 Å². The van der Waals surface area contributed by atoms with E-state index in [9.17, 15) is 10.4 Å². The minimum Gasteiger partial charge on any atom is -0.508 e. The standard InChI is InChI=1S/C22H18N2OS/c23-13-19-21(16-9-11-17(25)12-10-16)18-7-4-8-20(18)24-22(19)26-14-15-5-2-1-3-6-15/h1-3,5-6,9-12,25H,4,7-8,14H2. The molecule has 0 amide bonds. The molecule has 1 aliphatic carbocycles. The molecule has 1 aliphatic rings. The number of benzene rings is 2. The van der Waals surface area contributed by atoms with E-state index in [0.717, 1.165) is 46.9 Å². The summed E-state index contributed by atoms with van der Waals surface area (Å²) in [4.78, 5) is 4.83. The highest BCUT2D eigenvalue weighted by molar-refractivity contribution is 7.98. The van der Waals surface area contributed by atoms with Crippen molar-refractivity contribution in [2.45, 2.75) is 30.0 Å². The summed E-state index contributed by atoms with van der Waals surface area (Å²) in [5.74, 6) is 1.02. The summed E-state index contributed by atoms with van der Waals surface area (Å²) < 4.78 is 0. The number of hydrogen-bond acceptors (Lipinski definition) is 4. The third kappa shape index (κ3) is 3.18. The molecular weight excluding hydrogens is 340 g/mol. The monoisotopic (exact) mass is 358 g/mol. The molecule has 0 saturated heterocycles. The van der Waals surface area contributed by atoms with Gasteiger partial charge in [-0.15, -0.1) is 11.8 Å². The van der Waals surface area contributed by atoms with Crippen LogP contribution in [0.2, 0.25) is 0 Å². The predicted molar refractivity (Wildman–Crippen MR) is 104 cm³/mol. The Hall–Kier alpha value is -2.77. The number of phenolic OH excluding ortho intramolecular Hbond substituents is 1. The van der Waals surface area contributed by atoms with Crippen LogP contribution in [0.4, 0.5) is 0 Å². The molecule has 0 unspecified atom stereocenters. The van der Waals surface area contributed by atoms with Gasteiger partial charge in [0.05, 0.1) is 5.56 Å². The average molecular weight is 358 g/mol. The third-order valence-corrected chi connectivity index (χ3v) is 5.72. The van der Waals surface area contributed by atoms with Gasteiger partial charge in [0.2, 0.25) is 0 Å². The largest absolute Gasteiger partial charge is 0.508 e. The lowest BCUT2D eigenvalue weighted by Crippen LogP contribution is -2.00. The quantitative estimate of drug-likeness (QED) is 0.659. The van der Waals surface area contributed by atoms with Gasteiger partial charge in [-0.1, -0.05) is 42.5 Å². The van der Waals surface area contributed by atoms with Gasteiger partial charge in [-0.05, 0) is 48.1 Å². The van der Waals surface area contributed by atoms with Gasteiger partial charge < -0.3 is 5.11 Å². The lowest BCUT2D eigenvalue weighted by molar-refractivity contribution is 0.475. The molecule has 1 heterocycles. The second-order valence-corrected chi connectivity index (χ2v) is 7.34. The van der Waals surface area contributed by atoms with Crippen molar-refractivity contribution < 1.29 is 5.11 Å². The topological polar surface area (TPSA) is 56.9 Å².